The van der Waals surface area contributed by atoms with Gasteiger partial charge >= 0.3 is 5.97 Å². The Morgan fingerprint density at radius 2 is 2.25 bits per heavy atom. The van der Waals surface area contributed by atoms with Crippen molar-refractivity contribution >= 4 is 29.3 Å². The van der Waals surface area contributed by atoms with Crippen LogP contribution in [-0.2, 0) is 14.3 Å². The van der Waals surface area contributed by atoms with Crippen LogP contribution in [0.3, 0.4) is 0 Å². The van der Waals surface area contributed by atoms with E-state index in [9.17, 15) is 9.59 Å². The molecule has 1 atom stereocenters. The fraction of sp³-hybridized carbons (Fsp3) is 0.273. The first-order valence-electron chi connectivity index (χ1n) is 4.84. The number of rotatable bonds is 2. The largest absolute Gasteiger partial charge is 0.469 e. The van der Waals surface area contributed by atoms with Gasteiger partial charge in [0.15, 0.2) is 0 Å². The summed E-state index contributed by atoms with van der Waals surface area (Å²) in [5.74, 6) is -0.513. The number of benzene rings is 1. The van der Waals surface area contributed by atoms with Crippen molar-refractivity contribution in [3.05, 3.63) is 24.3 Å². The molecular formula is C11H11NO3S. The summed E-state index contributed by atoms with van der Waals surface area (Å²) in [4.78, 5) is 23.8. The summed E-state index contributed by atoms with van der Waals surface area (Å²) in [6.45, 7) is 0. The lowest BCUT2D eigenvalue weighted by Gasteiger charge is -2.22. The summed E-state index contributed by atoms with van der Waals surface area (Å²) in [7, 11) is 1.32. The summed E-state index contributed by atoms with van der Waals surface area (Å²) in [5.41, 5.74) is 0.804. The van der Waals surface area contributed by atoms with Gasteiger partial charge in [0, 0.05) is 4.90 Å². The molecule has 0 aliphatic carbocycles. The highest BCUT2D eigenvalue weighted by atomic mass is 32.2. The van der Waals surface area contributed by atoms with E-state index >= 15 is 0 Å². The Morgan fingerprint density at radius 3 is 3.00 bits per heavy atom. The molecule has 1 N–H and O–H groups in total. The molecule has 0 spiro atoms. The van der Waals surface area contributed by atoms with E-state index in [-0.39, 0.29) is 18.3 Å². The highest BCUT2D eigenvalue weighted by Gasteiger charge is 2.28. The fourth-order valence-electron chi connectivity index (χ4n) is 1.46. The lowest BCUT2D eigenvalue weighted by molar-refractivity contribution is -0.141. The highest BCUT2D eigenvalue weighted by Crippen LogP contribution is 2.36. The molecule has 1 heterocycles. The molecule has 1 aromatic carbocycles. The van der Waals surface area contributed by atoms with Crippen LogP contribution in [0.15, 0.2) is 29.2 Å². The molecule has 0 saturated carbocycles. The maximum Gasteiger partial charge on any atom is 0.307 e. The second-order valence-electron chi connectivity index (χ2n) is 3.37. The molecule has 84 valence electrons. The topological polar surface area (TPSA) is 55.4 Å². The Labute approximate surface area is 97.4 Å². The van der Waals surface area contributed by atoms with Gasteiger partial charge in [0.25, 0.3) is 0 Å². The van der Waals surface area contributed by atoms with Gasteiger partial charge in [-0.25, -0.2) is 0 Å². The van der Waals surface area contributed by atoms with Crippen LogP contribution in [0.25, 0.3) is 0 Å². The number of nitrogens with one attached hydrogen (secondary N) is 1. The number of esters is 1. The zero-order chi connectivity index (χ0) is 11.5. The molecular weight excluding hydrogens is 226 g/mol. The molecule has 1 amide bonds. The summed E-state index contributed by atoms with van der Waals surface area (Å²) in [6.07, 6.45) is 0.0985. The standard InChI is InChI=1S/C11H11NO3S/c1-15-10(13)6-9-11(14)12-7-4-2-3-5-8(7)16-9/h2-5,9H,6H2,1H3,(H,12,14)/t9-/m1/s1. The number of fused-ring (bicyclic) bond motifs is 1. The molecule has 0 bridgehead atoms. The second kappa shape index (κ2) is 4.57. The number of methoxy groups -OCH3 is 1. The van der Waals surface area contributed by atoms with Gasteiger partial charge < -0.3 is 10.1 Å². The number of carbonyl (C=O) groups excluding carboxylic acids is 2. The van der Waals surface area contributed by atoms with Crippen molar-refractivity contribution in [1.29, 1.82) is 0 Å². The van der Waals surface area contributed by atoms with E-state index in [4.69, 9.17) is 0 Å². The van der Waals surface area contributed by atoms with Gasteiger partial charge in [0.2, 0.25) is 5.91 Å². The van der Waals surface area contributed by atoms with Gasteiger partial charge in [-0.1, -0.05) is 12.1 Å². The van der Waals surface area contributed by atoms with E-state index in [2.05, 4.69) is 10.1 Å². The summed E-state index contributed by atoms with van der Waals surface area (Å²) >= 11 is 1.40. The number of para-hydroxylation sites is 1. The molecule has 0 saturated heterocycles. The maximum absolute atomic E-state index is 11.7. The molecule has 1 aliphatic rings. The van der Waals surface area contributed by atoms with Crippen LogP contribution < -0.4 is 5.32 Å². The maximum atomic E-state index is 11.7. The first-order chi connectivity index (χ1) is 7.70. The third kappa shape index (κ3) is 2.19. The quantitative estimate of drug-likeness (QED) is 0.795. The van der Waals surface area contributed by atoms with Crippen LogP contribution in [-0.4, -0.2) is 24.2 Å². The average Bonchev–Trinajstić information content (AvgIpc) is 2.30. The van der Waals surface area contributed by atoms with Gasteiger partial charge in [-0.3, -0.25) is 9.59 Å². The lowest BCUT2D eigenvalue weighted by atomic mass is 10.2. The normalized spacial score (nSPS) is 18.6. The van der Waals surface area contributed by atoms with Crippen molar-refractivity contribution < 1.29 is 14.3 Å². The van der Waals surface area contributed by atoms with Gasteiger partial charge in [-0.2, -0.15) is 0 Å². The van der Waals surface area contributed by atoms with E-state index in [0.29, 0.717) is 0 Å². The summed E-state index contributed by atoms with van der Waals surface area (Å²) < 4.78 is 4.56. The molecule has 1 aliphatic heterocycles. The van der Waals surface area contributed by atoms with Crippen LogP contribution >= 0.6 is 11.8 Å². The minimum absolute atomic E-state index is 0.0985. The van der Waals surface area contributed by atoms with Crippen LogP contribution in [0.2, 0.25) is 0 Å². The number of anilines is 1. The smallest absolute Gasteiger partial charge is 0.307 e. The first kappa shape index (κ1) is 11.0. The molecule has 5 heteroatoms. The third-order valence-corrected chi connectivity index (χ3v) is 3.56. The number of ether oxygens (including phenoxy) is 1. The molecule has 0 fully saturated rings. The molecule has 2 rings (SSSR count). The minimum atomic E-state index is -0.401. The first-order valence-corrected chi connectivity index (χ1v) is 5.72. The predicted octanol–water partition coefficient (Wildman–Crippen LogP) is 1.66. The van der Waals surface area contributed by atoms with Gasteiger partial charge in [0.05, 0.1) is 24.5 Å². The van der Waals surface area contributed by atoms with E-state index in [0.717, 1.165) is 10.6 Å². The van der Waals surface area contributed by atoms with E-state index in [1.807, 2.05) is 24.3 Å². The van der Waals surface area contributed by atoms with Crippen molar-refractivity contribution in [3.8, 4) is 0 Å². The van der Waals surface area contributed by atoms with E-state index in [1.54, 1.807) is 0 Å². The Hall–Kier alpha value is -1.49. The number of carbonyl (C=O) groups is 2. The van der Waals surface area contributed by atoms with Gasteiger partial charge in [-0.15, -0.1) is 11.8 Å². The van der Waals surface area contributed by atoms with Gasteiger partial charge in [0.1, 0.15) is 0 Å². The zero-order valence-corrected chi connectivity index (χ0v) is 9.54. The average molecular weight is 237 g/mol. The van der Waals surface area contributed by atoms with Crippen LogP contribution in [0.4, 0.5) is 5.69 Å². The Bertz CT molecular complexity index is 433. The Kier molecular flexibility index (Phi) is 3.14. The monoisotopic (exact) mass is 237 g/mol. The lowest BCUT2D eigenvalue weighted by Crippen LogP contribution is -2.31. The number of hydrogen-bond donors (Lipinski definition) is 1. The number of hydrogen-bond acceptors (Lipinski definition) is 4. The van der Waals surface area contributed by atoms with Crippen LogP contribution in [0.5, 0.6) is 0 Å². The van der Waals surface area contributed by atoms with Crippen molar-refractivity contribution in [2.24, 2.45) is 0 Å². The molecule has 0 radical (unpaired) electrons. The number of thioether (sulfide) groups is 1. The Balaban J connectivity index is 2.15. The SMILES string of the molecule is COC(=O)C[C@H]1Sc2ccccc2NC1=O. The summed E-state index contributed by atoms with van der Waals surface area (Å²) in [6, 6.07) is 7.52. The molecule has 0 unspecified atom stereocenters. The van der Waals surface area contributed by atoms with Crippen LogP contribution in [0.1, 0.15) is 6.42 Å². The Morgan fingerprint density at radius 1 is 1.50 bits per heavy atom. The molecule has 1 aromatic rings. The highest BCUT2D eigenvalue weighted by molar-refractivity contribution is 8.01. The fourth-order valence-corrected chi connectivity index (χ4v) is 2.56. The number of amides is 1. The van der Waals surface area contributed by atoms with Crippen LogP contribution in [0, 0.1) is 0 Å². The predicted molar refractivity (Wildman–Crippen MR) is 61.3 cm³/mol. The van der Waals surface area contributed by atoms with Crippen molar-refractivity contribution in [2.45, 2.75) is 16.6 Å². The third-order valence-electron chi connectivity index (χ3n) is 2.29. The van der Waals surface area contributed by atoms with E-state index < -0.39 is 5.25 Å². The summed E-state index contributed by atoms with van der Waals surface area (Å²) in [5, 5.41) is 2.37. The van der Waals surface area contributed by atoms with Crippen molar-refractivity contribution in [2.75, 3.05) is 12.4 Å². The molecule has 16 heavy (non-hydrogen) atoms. The van der Waals surface area contributed by atoms with Crippen molar-refractivity contribution in [1.82, 2.24) is 0 Å². The zero-order valence-electron chi connectivity index (χ0n) is 8.73. The molecule has 4 nitrogen and oxygen atoms in total. The second-order valence-corrected chi connectivity index (χ2v) is 4.62. The minimum Gasteiger partial charge on any atom is -0.469 e. The van der Waals surface area contributed by atoms with Crippen molar-refractivity contribution in [3.63, 3.8) is 0 Å². The van der Waals surface area contributed by atoms with Gasteiger partial charge in [-0.05, 0) is 12.1 Å². The molecule has 0 aromatic heterocycles. The van der Waals surface area contributed by atoms with E-state index in [1.165, 1.54) is 18.9 Å².